The molecule has 5 heteroatoms. The molecule has 0 unspecified atom stereocenters. The molecule has 0 radical (unpaired) electrons. The van der Waals surface area contributed by atoms with E-state index in [-0.39, 0.29) is 11.4 Å². The van der Waals surface area contributed by atoms with Crippen LogP contribution in [0.5, 0.6) is 0 Å². The molecule has 1 aromatic rings. The predicted molar refractivity (Wildman–Crippen MR) is 65.0 cm³/mol. The molecule has 80 valence electrons. The Kier molecular flexibility index (Phi) is 4.30. The molecule has 0 atom stereocenters. The number of nitrogens with zero attached hydrogens (tertiary/aromatic N) is 1. The van der Waals surface area contributed by atoms with Gasteiger partial charge in [0.15, 0.2) is 0 Å². The lowest BCUT2D eigenvalue weighted by molar-refractivity contribution is -0.384. The zero-order chi connectivity index (χ0) is 11.3. The zero-order valence-electron chi connectivity index (χ0n) is 8.02. The molecular weight excluding hydrogens is 260 g/mol. The highest BCUT2D eigenvalue weighted by Gasteiger charge is 2.14. The molecule has 0 saturated carbocycles. The quantitative estimate of drug-likeness (QED) is 0.396. The Morgan fingerprint density at radius 3 is 2.87 bits per heavy atom. The van der Waals surface area contributed by atoms with Gasteiger partial charge < -0.3 is 5.73 Å². The number of nitro groups is 1. The number of nitro benzene ring substituents is 1. The highest BCUT2D eigenvalue weighted by Crippen LogP contribution is 2.26. The fourth-order valence-electron chi connectivity index (χ4n) is 1.20. The Labute approximate surface area is 96.1 Å². The van der Waals surface area contributed by atoms with E-state index in [0.29, 0.717) is 5.56 Å². The van der Waals surface area contributed by atoms with Crippen LogP contribution < -0.4 is 5.73 Å². The summed E-state index contributed by atoms with van der Waals surface area (Å²) in [6.45, 7) is 0. The maximum atomic E-state index is 10.8. The average Bonchev–Trinajstić information content (AvgIpc) is 2.17. The summed E-state index contributed by atoms with van der Waals surface area (Å²) in [4.78, 5) is 10.3. The molecule has 0 aliphatic carbocycles. The van der Waals surface area contributed by atoms with Gasteiger partial charge in [0, 0.05) is 5.33 Å². The second-order valence-corrected chi connectivity index (χ2v) is 3.72. The summed E-state index contributed by atoms with van der Waals surface area (Å²) >= 11 is 3.28. The average molecular weight is 271 g/mol. The molecule has 0 bridgehead atoms. The summed E-state index contributed by atoms with van der Waals surface area (Å²) in [7, 11) is 0. The van der Waals surface area contributed by atoms with E-state index in [2.05, 4.69) is 15.9 Å². The van der Waals surface area contributed by atoms with Gasteiger partial charge in [0.1, 0.15) is 5.69 Å². The van der Waals surface area contributed by atoms with Crippen LogP contribution in [0.15, 0.2) is 24.3 Å². The van der Waals surface area contributed by atoms with Crippen LogP contribution >= 0.6 is 15.9 Å². The fraction of sp³-hybridized carbons (Fsp3) is 0.200. The first kappa shape index (κ1) is 11.7. The second kappa shape index (κ2) is 5.50. The molecular formula is C10H11BrN2O2. The molecule has 0 aliphatic heterocycles. The van der Waals surface area contributed by atoms with Gasteiger partial charge in [-0.05, 0) is 18.6 Å². The molecule has 0 amide bonds. The maximum absolute atomic E-state index is 10.8. The van der Waals surface area contributed by atoms with E-state index in [1.54, 1.807) is 18.2 Å². The minimum Gasteiger partial charge on any atom is -0.393 e. The standard InChI is InChI=1S/C10H11BrN2O2/c11-7-2-1-4-8-5-3-6-9(12)10(8)13(14)15/h1,3-6H,2,7,12H2. The number of nitrogens with two attached hydrogens (primary N) is 1. The minimum atomic E-state index is -0.455. The highest BCUT2D eigenvalue weighted by atomic mass is 79.9. The van der Waals surface area contributed by atoms with Crippen molar-refractivity contribution in [2.75, 3.05) is 11.1 Å². The van der Waals surface area contributed by atoms with E-state index in [1.807, 2.05) is 6.08 Å². The molecule has 0 spiro atoms. The van der Waals surface area contributed by atoms with Crippen molar-refractivity contribution in [3.05, 3.63) is 40.0 Å². The van der Waals surface area contributed by atoms with E-state index < -0.39 is 4.92 Å². The Balaban J connectivity index is 3.06. The number of anilines is 1. The van der Waals surface area contributed by atoms with Crippen molar-refractivity contribution in [1.29, 1.82) is 0 Å². The largest absolute Gasteiger partial charge is 0.393 e. The number of hydrogen-bond acceptors (Lipinski definition) is 3. The van der Waals surface area contributed by atoms with Crippen molar-refractivity contribution in [2.45, 2.75) is 6.42 Å². The van der Waals surface area contributed by atoms with Gasteiger partial charge in [0.05, 0.1) is 10.5 Å². The number of rotatable bonds is 4. The lowest BCUT2D eigenvalue weighted by atomic mass is 10.1. The van der Waals surface area contributed by atoms with E-state index in [9.17, 15) is 10.1 Å². The topological polar surface area (TPSA) is 69.2 Å². The minimum absolute atomic E-state index is 0.0247. The second-order valence-electron chi connectivity index (χ2n) is 2.92. The number of hydrogen-bond donors (Lipinski definition) is 1. The summed E-state index contributed by atoms with van der Waals surface area (Å²) in [5, 5.41) is 11.6. The first-order valence-electron chi connectivity index (χ1n) is 4.42. The summed E-state index contributed by atoms with van der Waals surface area (Å²) in [5.41, 5.74) is 6.25. The summed E-state index contributed by atoms with van der Waals surface area (Å²) in [5.74, 6) is 0. The van der Waals surface area contributed by atoms with Crippen molar-refractivity contribution in [3.8, 4) is 0 Å². The van der Waals surface area contributed by atoms with Crippen LogP contribution in [0.1, 0.15) is 12.0 Å². The van der Waals surface area contributed by atoms with Gasteiger partial charge >= 0.3 is 0 Å². The number of para-hydroxylation sites is 1. The number of alkyl halides is 1. The Morgan fingerprint density at radius 1 is 1.53 bits per heavy atom. The van der Waals surface area contributed by atoms with Gasteiger partial charge in [0.2, 0.25) is 0 Å². The van der Waals surface area contributed by atoms with Gasteiger partial charge in [-0.3, -0.25) is 10.1 Å². The summed E-state index contributed by atoms with van der Waals surface area (Å²) in [6, 6.07) is 4.91. The molecule has 1 rings (SSSR count). The van der Waals surface area contributed by atoms with Crippen LogP contribution in [-0.4, -0.2) is 10.3 Å². The van der Waals surface area contributed by atoms with Crippen molar-refractivity contribution < 1.29 is 4.92 Å². The van der Waals surface area contributed by atoms with Gasteiger partial charge in [-0.15, -0.1) is 0 Å². The van der Waals surface area contributed by atoms with E-state index >= 15 is 0 Å². The lowest BCUT2D eigenvalue weighted by Crippen LogP contribution is -1.97. The third kappa shape index (κ3) is 3.06. The van der Waals surface area contributed by atoms with Gasteiger partial charge in [-0.2, -0.15) is 0 Å². The van der Waals surface area contributed by atoms with Gasteiger partial charge in [0.25, 0.3) is 5.69 Å². The van der Waals surface area contributed by atoms with Crippen molar-refractivity contribution >= 4 is 33.4 Å². The Bertz CT molecular complexity index is 391. The molecule has 0 aliphatic rings. The summed E-state index contributed by atoms with van der Waals surface area (Å²) in [6.07, 6.45) is 4.41. The normalized spacial score (nSPS) is 10.7. The smallest absolute Gasteiger partial charge is 0.299 e. The van der Waals surface area contributed by atoms with Crippen LogP contribution in [0, 0.1) is 10.1 Å². The first-order valence-corrected chi connectivity index (χ1v) is 5.54. The third-order valence-corrected chi connectivity index (χ3v) is 2.31. The van der Waals surface area contributed by atoms with Crippen LogP contribution in [-0.2, 0) is 0 Å². The van der Waals surface area contributed by atoms with E-state index in [0.717, 1.165) is 11.8 Å². The Morgan fingerprint density at radius 2 is 2.27 bits per heavy atom. The molecule has 0 fully saturated rings. The van der Waals surface area contributed by atoms with E-state index in [1.165, 1.54) is 6.07 Å². The van der Waals surface area contributed by atoms with E-state index in [4.69, 9.17) is 5.73 Å². The number of allylic oxidation sites excluding steroid dienone is 1. The lowest BCUT2D eigenvalue weighted by Gasteiger charge is -2.00. The maximum Gasteiger partial charge on any atom is 0.299 e. The number of halogens is 1. The predicted octanol–water partition coefficient (Wildman–Crippen LogP) is 2.98. The highest BCUT2D eigenvalue weighted by molar-refractivity contribution is 9.09. The number of benzene rings is 1. The molecule has 4 nitrogen and oxygen atoms in total. The van der Waals surface area contributed by atoms with Gasteiger partial charge in [-0.25, -0.2) is 0 Å². The Hall–Kier alpha value is -1.36. The van der Waals surface area contributed by atoms with Crippen LogP contribution in [0.25, 0.3) is 6.08 Å². The van der Waals surface area contributed by atoms with Crippen molar-refractivity contribution in [3.63, 3.8) is 0 Å². The molecule has 0 saturated heterocycles. The number of nitrogen functional groups attached to an aromatic ring is 1. The molecule has 0 heterocycles. The third-order valence-electron chi connectivity index (χ3n) is 1.85. The van der Waals surface area contributed by atoms with Crippen LogP contribution in [0.4, 0.5) is 11.4 Å². The molecule has 2 N–H and O–H groups in total. The van der Waals surface area contributed by atoms with Crippen molar-refractivity contribution in [1.82, 2.24) is 0 Å². The van der Waals surface area contributed by atoms with Crippen molar-refractivity contribution in [2.24, 2.45) is 0 Å². The SMILES string of the molecule is Nc1cccc(C=CCCBr)c1[N+](=O)[O-]. The molecule has 1 aromatic carbocycles. The fourth-order valence-corrected chi connectivity index (χ4v) is 1.46. The molecule has 15 heavy (non-hydrogen) atoms. The molecule has 0 aromatic heterocycles. The summed E-state index contributed by atoms with van der Waals surface area (Å²) < 4.78 is 0. The van der Waals surface area contributed by atoms with Crippen LogP contribution in [0.2, 0.25) is 0 Å². The zero-order valence-corrected chi connectivity index (χ0v) is 9.61. The van der Waals surface area contributed by atoms with Crippen LogP contribution in [0.3, 0.4) is 0 Å². The monoisotopic (exact) mass is 270 g/mol. The van der Waals surface area contributed by atoms with Gasteiger partial charge in [-0.1, -0.05) is 34.1 Å². The first-order chi connectivity index (χ1) is 7.16.